The van der Waals surface area contributed by atoms with Crippen LogP contribution >= 0.6 is 27.5 Å². The monoisotopic (exact) mass is 328 g/mol. The Morgan fingerprint density at radius 2 is 2.28 bits per heavy atom. The van der Waals surface area contributed by atoms with Crippen molar-refractivity contribution in [2.75, 3.05) is 0 Å². The van der Waals surface area contributed by atoms with Gasteiger partial charge in [0, 0.05) is 22.8 Å². The van der Waals surface area contributed by atoms with E-state index in [2.05, 4.69) is 26.5 Å². The summed E-state index contributed by atoms with van der Waals surface area (Å²) < 4.78 is 2.73. The summed E-state index contributed by atoms with van der Waals surface area (Å²) in [5, 5.41) is 4.91. The molecule has 6 heteroatoms. The van der Waals surface area contributed by atoms with Gasteiger partial charge < -0.3 is 0 Å². The molecule has 0 aliphatic rings. The van der Waals surface area contributed by atoms with Gasteiger partial charge in [0.2, 0.25) is 0 Å². The number of rotatable bonds is 4. The van der Waals surface area contributed by atoms with E-state index >= 15 is 0 Å². The summed E-state index contributed by atoms with van der Waals surface area (Å²) in [5.41, 5.74) is 4.80. The molecule has 1 aromatic carbocycles. The number of hydrogen-bond donors (Lipinski definition) is 2. The number of aryl methyl sites for hydroxylation is 1. The topological polar surface area (TPSA) is 55.9 Å². The van der Waals surface area contributed by atoms with Gasteiger partial charge in [-0.2, -0.15) is 5.10 Å². The van der Waals surface area contributed by atoms with Gasteiger partial charge in [0.1, 0.15) is 0 Å². The molecule has 0 aliphatic heterocycles. The van der Waals surface area contributed by atoms with Crippen LogP contribution in [-0.4, -0.2) is 9.78 Å². The summed E-state index contributed by atoms with van der Waals surface area (Å²) in [4.78, 5) is 0. The van der Waals surface area contributed by atoms with E-state index in [1.165, 1.54) is 0 Å². The maximum Gasteiger partial charge on any atom is 0.0741 e. The number of nitrogens with zero attached hydrogens (tertiary/aromatic N) is 2. The summed E-state index contributed by atoms with van der Waals surface area (Å²) in [6, 6.07) is 5.66. The summed E-state index contributed by atoms with van der Waals surface area (Å²) in [6.07, 6.45) is 3.78. The highest BCUT2D eigenvalue weighted by Gasteiger charge is 2.15. The molecule has 3 N–H and O–H groups in total. The van der Waals surface area contributed by atoms with Crippen LogP contribution in [-0.2, 0) is 6.54 Å². The molecule has 2 aromatic rings. The number of halogens is 2. The van der Waals surface area contributed by atoms with E-state index in [4.69, 9.17) is 17.4 Å². The van der Waals surface area contributed by atoms with E-state index in [1.807, 2.05) is 42.2 Å². The molecule has 96 valence electrons. The van der Waals surface area contributed by atoms with E-state index in [-0.39, 0.29) is 6.04 Å². The minimum atomic E-state index is -0.115. The van der Waals surface area contributed by atoms with E-state index in [0.29, 0.717) is 5.02 Å². The zero-order valence-corrected chi connectivity index (χ0v) is 12.2. The van der Waals surface area contributed by atoms with Crippen LogP contribution in [0.1, 0.15) is 24.1 Å². The third-order valence-electron chi connectivity index (χ3n) is 2.75. The Kier molecular flexibility index (Phi) is 4.40. The molecule has 0 bridgehead atoms. The van der Waals surface area contributed by atoms with Crippen LogP contribution < -0.4 is 11.3 Å². The Morgan fingerprint density at radius 3 is 2.83 bits per heavy atom. The Hall–Kier alpha value is -0.880. The SMILES string of the molecule is CCn1cc(C(NN)c2ccc(Br)c(Cl)c2)cn1. The molecule has 0 fully saturated rings. The molecule has 1 aromatic heterocycles. The van der Waals surface area contributed by atoms with Crippen LogP contribution in [0, 0.1) is 0 Å². The number of nitrogens with one attached hydrogen (secondary N) is 1. The third kappa shape index (κ3) is 2.75. The molecule has 0 aliphatic carbocycles. The maximum absolute atomic E-state index is 6.10. The van der Waals surface area contributed by atoms with Gasteiger partial charge in [0.05, 0.1) is 17.3 Å². The van der Waals surface area contributed by atoms with Crippen molar-refractivity contribution in [2.24, 2.45) is 5.84 Å². The number of hydrazine groups is 1. The van der Waals surface area contributed by atoms with Crippen LogP contribution in [0.4, 0.5) is 0 Å². The van der Waals surface area contributed by atoms with Crippen molar-refractivity contribution in [3.05, 3.63) is 51.2 Å². The normalized spacial score (nSPS) is 12.7. The second-order valence-corrected chi connectivity index (χ2v) is 5.16. The summed E-state index contributed by atoms with van der Waals surface area (Å²) in [5.74, 6) is 5.63. The Morgan fingerprint density at radius 1 is 1.50 bits per heavy atom. The van der Waals surface area contributed by atoms with Crippen LogP contribution in [0.15, 0.2) is 35.1 Å². The zero-order valence-electron chi connectivity index (χ0n) is 9.90. The van der Waals surface area contributed by atoms with Gasteiger partial charge in [-0.15, -0.1) is 0 Å². The fourth-order valence-electron chi connectivity index (χ4n) is 1.78. The van der Waals surface area contributed by atoms with Crippen LogP contribution in [0.25, 0.3) is 0 Å². The Balaban J connectivity index is 2.35. The molecule has 0 amide bonds. The molecular formula is C12H14BrClN4. The predicted octanol–water partition coefficient (Wildman–Crippen LogP) is 2.87. The minimum Gasteiger partial charge on any atom is -0.273 e. The van der Waals surface area contributed by atoms with Crippen LogP contribution in [0.3, 0.4) is 0 Å². The fraction of sp³-hybridized carbons (Fsp3) is 0.250. The first-order chi connectivity index (χ1) is 8.65. The molecule has 4 nitrogen and oxygen atoms in total. The molecule has 1 unspecified atom stereocenters. The lowest BCUT2D eigenvalue weighted by Gasteiger charge is -2.15. The molecule has 0 saturated heterocycles. The average molecular weight is 330 g/mol. The second kappa shape index (κ2) is 5.84. The Labute approximate surface area is 119 Å². The molecule has 0 spiro atoms. The predicted molar refractivity (Wildman–Crippen MR) is 76.2 cm³/mol. The molecule has 0 radical (unpaired) electrons. The van der Waals surface area contributed by atoms with Crippen molar-refractivity contribution >= 4 is 27.5 Å². The van der Waals surface area contributed by atoms with Crippen molar-refractivity contribution in [1.29, 1.82) is 0 Å². The number of benzene rings is 1. The van der Waals surface area contributed by atoms with Crippen molar-refractivity contribution in [3.63, 3.8) is 0 Å². The van der Waals surface area contributed by atoms with E-state index in [9.17, 15) is 0 Å². The average Bonchev–Trinajstić information content (AvgIpc) is 2.83. The van der Waals surface area contributed by atoms with E-state index in [1.54, 1.807) is 0 Å². The lowest BCUT2D eigenvalue weighted by molar-refractivity contribution is 0.630. The highest BCUT2D eigenvalue weighted by Crippen LogP contribution is 2.28. The summed E-state index contributed by atoms with van der Waals surface area (Å²) in [6.45, 7) is 2.87. The van der Waals surface area contributed by atoms with Gasteiger partial charge in [0.15, 0.2) is 0 Å². The van der Waals surface area contributed by atoms with Crippen LogP contribution in [0.5, 0.6) is 0 Å². The first kappa shape index (κ1) is 13.5. The minimum absolute atomic E-state index is 0.115. The van der Waals surface area contributed by atoms with Crippen LogP contribution in [0.2, 0.25) is 5.02 Å². The van der Waals surface area contributed by atoms with E-state index in [0.717, 1.165) is 22.1 Å². The van der Waals surface area contributed by atoms with E-state index < -0.39 is 0 Å². The second-order valence-electron chi connectivity index (χ2n) is 3.90. The van der Waals surface area contributed by atoms with Gasteiger partial charge in [0.25, 0.3) is 0 Å². The standard InChI is InChI=1S/C12H14BrClN4/c1-2-18-7-9(6-16-18)12(17-15)8-3-4-10(13)11(14)5-8/h3-7,12,17H,2,15H2,1H3. The molecule has 18 heavy (non-hydrogen) atoms. The van der Waals surface area contributed by atoms with Gasteiger partial charge in [-0.05, 0) is 40.5 Å². The van der Waals surface area contributed by atoms with Gasteiger partial charge in [-0.25, -0.2) is 5.43 Å². The lowest BCUT2D eigenvalue weighted by atomic mass is 10.0. The maximum atomic E-state index is 6.10. The van der Waals surface area contributed by atoms with Crippen molar-refractivity contribution in [1.82, 2.24) is 15.2 Å². The quantitative estimate of drug-likeness (QED) is 0.670. The smallest absolute Gasteiger partial charge is 0.0741 e. The van der Waals surface area contributed by atoms with Crippen molar-refractivity contribution < 1.29 is 0 Å². The summed E-state index contributed by atoms with van der Waals surface area (Å²) >= 11 is 9.47. The third-order valence-corrected chi connectivity index (χ3v) is 3.99. The number of aromatic nitrogens is 2. The number of hydrogen-bond acceptors (Lipinski definition) is 3. The highest BCUT2D eigenvalue weighted by molar-refractivity contribution is 9.10. The zero-order chi connectivity index (χ0) is 13.1. The Bertz CT molecular complexity index is 541. The lowest BCUT2D eigenvalue weighted by Crippen LogP contribution is -2.28. The molecule has 0 saturated carbocycles. The number of nitrogens with two attached hydrogens (primary N) is 1. The van der Waals surface area contributed by atoms with Gasteiger partial charge in [-0.3, -0.25) is 10.5 Å². The largest absolute Gasteiger partial charge is 0.273 e. The molecule has 1 heterocycles. The first-order valence-corrected chi connectivity index (χ1v) is 6.76. The van der Waals surface area contributed by atoms with Gasteiger partial charge in [-0.1, -0.05) is 17.7 Å². The van der Waals surface area contributed by atoms with Crippen molar-refractivity contribution in [2.45, 2.75) is 19.5 Å². The summed E-state index contributed by atoms with van der Waals surface area (Å²) in [7, 11) is 0. The van der Waals surface area contributed by atoms with Gasteiger partial charge >= 0.3 is 0 Å². The first-order valence-electron chi connectivity index (χ1n) is 5.59. The molecule has 2 rings (SSSR count). The van der Waals surface area contributed by atoms with Crippen molar-refractivity contribution in [3.8, 4) is 0 Å². The highest BCUT2D eigenvalue weighted by atomic mass is 79.9. The molecular weight excluding hydrogens is 316 g/mol. The fourth-order valence-corrected chi connectivity index (χ4v) is 2.21. The molecule has 1 atom stereocenters.